The number of rotatable bonds is 7. The van der Waals surface area contributed by atoms with Crippen LogP contribution in [-0.4, -0.2) is 33.1 Å². The number of carbonyl (C=O) groups excluding carboxylic acids is 2. The van der Waals surface area contributed by atoms with Gasteiger partial charge in [0.25, 0.3) is 11.8 Å². The minimum atomic E-state index is -0.491. The van der Waals surface area contributed by atoms with E-state index in [4.69, 9.17) is 14.2 Å². The number of ether oxygens (including phenoxy) is 3. The first-order valence-corrected chi connectivity index (χ1v) is 10.7. The molecule has 174 valence electrons. The van der Waals surface area contributed by atoms with Gasteiger partial charge in [-0.1, -0.05) is 35.9 Å². The Kier molecular flexibility index (Phi) is 6.27. The van der Waals surface area contributed by atoms with E-state index in [1.54, 1.807) is 49.6 Å². The van der Waals surface area contributed by atoms with Crippen LogP contribution in [0.2, 0.25) is 0 Å². The van der Waals surface area contributed by atoms with Crippen LogP contribution in [0.4, 0.5) is 11.4 Å². The van der Waals surface area contributed by atoms with E-state index in [-0.39, 0.29) is 11.3 Å². The average Bonchev–Trinajstić information content (AvgIpc) is 3.08. The van der Waals surface area contributed by atoms with Gasteiger partial charge in [-0.3, -0.25) is 9.59 Å². The van der Waals surface area contributed by atoms with Crippen LogP contribution in [0.3, 0.4) is 0 Å². The Morgan fingerprint density at radius 3 is 2.18 bits per heavy atom. The highest BCUT2D eigenvalue weighted by atomic mass is 16.5. The van der Waals surface area contributed by atoms with Gasteiger partial charge in [-0.05, 0) is 49.2 Å². The number of imide groups is 1. The van der Waals surface area contributed by atoms with E-state index in [2.05, 4.69) is 5.32 Å². The molecule has 0 spiro atoms. The number of para-hydroxylation sites is 2. The van der Waals surface area contributed by atoms with Crippen molar-refractivity contribution in [2.24, 2.45) is 0 Å². The standard InChI is InChI=1S/C27H26N2O5/c1-16-10-12-19(17(2)14-16)24-25(28-20-15-18(32-3)11-13-22(20)33-4)27(31)29(26(24)30)21-8-6-7-9-23(21)34-5/h6-15,28H,1-5H3. The van der Waals surface area contributed by atoms with Crippen molar-refractivity contribution in [2.75, 3.05) is 31.5 Å². The molecule has 7 nitrogen and oxygen atoms in total. The molecule has 2 amide bonds. The van der Waals surface area contributed by atoms with Gasteiger partial charge < -0.3 is 19.5 Å². The molecule has 7 heteroatoms. The van der Waals surface area contributed by atoms with Crippen molar-refractivity contribution >= 4 is 28.8 Å². The van der Waals surface area contributed by atoms with Crippen molar-refractivity contribution in [2.45, 2.75) is 13.8 Å². The zero-order valence-corrected chi connectivity index (χ0v) is 19.8. The van der Waals surface area contributed by atoms with E-state index in [1.807, 2.05) is 32.0 Å². The number of nitrogens with zero attached hydrogens (tertiary/aromatic N) is 1. The molecule has 4 rings (SSSR count). The monoisotopic (exact) mass is 458 g/mol. The van der Waals surface area contributed by atoms with Crippen molar-refractivity contribution in [1.82, 2.24) is 0 Å². The molecule has 1 N–H and O–H groups in total. The number of aryl methyl sites for hydroxylation is 2. The number of carbonyl (C=O) groups is 2. The van der Waals surface area contributed by atoms with Gasteiger partial charge in [-0.15, -0.1) is 0 Å². The van der Waals surface area contributed by atoms with Gasteiger partial charge in [0.15, 0.2) is 0 Å². The largest absolute Gasteiger partial charge is 0.497 e. The highest BCUT2D eigenvalue weighted by molar-refractivity contribution is 6.46. The predicted octanol–water partition coefficient (Wildman–Crippen LogP) is 4.73. The van der Waals surface area contributed by atoms with E-state index in [0.717, 1.165) is 16.0 Å². The van der Waals surface area contributed by atoms with Crippen LogP contribution < -0.4 is 24.4 Å². The van der Waals surface area contributed by atoms with Gasteiger partial charge >= 0.3 is 0 Å². The first kappa shape index (κ1) is 22.9. The molecular weight excluding hydrogens is 432 g/mol. The topological polar surface area (TPSA) is 77.1 Å². The van der Waals surface area contributed by atoms with Gasteiger partial charge in [0.05, 0.1) is 38.3 Å². The first-order valence-electron chi connectivity index (χ1n) is 10.7. The summed E-state index contributed by atoms with van der Waals surface area (Å²) in [4.78, 5) is 28.7. The second-order valence-electron chi connectivity index (χ2n) is 7.88. The van der Waals surface area contributed by atoms with Gasteiger partial charge in [0.1, 0.15) is 22.9 Å². The molecule has 0 aliphatic carbocycles. The summed E-state index contributed by atoms with van der Waals surface area (Å²) in [5.74, 6) is 0.573. The fourth-order valence-corrected chi connectivity index (χ4v) is 4.07. The Hall–Kier alpha value is -4.26. The third-order valence-corrected chi connectivity index (χ3v) is 5.73. The number of benzene rings is 3. The van der Waals surface area contributed by atoms with Crippen molar-refractivity contribution in [3.63, 3.8) is 0 Å². The van der Waals surface area contributed by atoms with Crippen LogP contribution in [0.5, 0.6) is 17.2 Å². The number of hydrogen-bond donors (Lipinski definition) is 1. The van der Waals surface area contributed by atoms with Crippen LogP contribution in [0.25, 0.3) is 5.57 Å². The Balaban J connectivity index is 1.91. The summed E-state index contributed by atoms with van der Waals surface area (Å²) in [6, 6.07) is 17.9. The third-order valence-electron chi connectivity index (χ3n) is 5.73. The lowest BCUT2D eigenvalue weighted by Crippen LogP contribution is -2.32. The number of hydrogen-bond acceptors (Lipinski definition) is 6. The highest BCUT2D eigenvalue weighted by Gasteiger charge is 2.42. The molecule has 0 fully saturated rings. The van der Waals surface area contributed by atoms with Gasteiger partial charge in [-0.25, -0.2) is 4.90 Å². The number of methoxy groups -OCH3 is 3. The molecule has 0 radical (unpaired) electrons. The van der Waals surface area contributed by atoms with Crippen molar-refractivity contribution in [1.29, 1.82) is 0 Å². The fraction of sp³-hybridized carbons (Fsp3) is 0.185. The van der Waals surface area contributed by atoms with E-state index in [1.165, 1.54) is 14.2 Å². The number of anilines is 2. The predicted molar refractivity (Wildman–Crippen MR) is 131 cm³/mol. The molecule has 3 aromatic rings. The Bertz CT molecular complexity index is 1310. The second kappa shape index (κ2) is 9.31. The molecule has 34 heavy (non-hydrogen) atoms. The van der Waals surface area contributed by atoms with Crippen LogP contribution in [0, 0.1) is 13.8 Å². The molecule has 0 saturated carbocycles. The van der Waals surface area contributed by atoms with Crippen molar-refractivity contribution in [3.8, 4) is 17.2 Å². The zero-order valence-electron chi connectivity index (χ0n) is 19.8. The molecule has 1 heterocycles. The Labute approximate surface area is 198 Å². The maximum Gasteiger partial charge on any atom is 0.282 e. The Morgan fingerprint density at radius 1 is 0.765 bits per heavy atom. The normalized spacial score (nSPS) is 13.4. The summed E-state index contributed by atoms with van der Waals surface area (Å²) in [7, 11) is 4.59. The average molecular weight is 459 g/mol. The fourth-order valence-electron chi connectivity index (χ4n) is 4.07. The first-order chi connectivity index (χ1) is 16.4. The lowest BCUT2D eigenvalue weighted by atomic mass is 9.97. The zero-order chi connectivity index (χ0) is 24.4. The maximum absolute atomic E-state index is 13.8. The summed E-state index contributed by atoms with van der Waals surface area (Å²) in [6.07, 6.45) is 0. The number of amides is 2. The van der Waals surface area contributed by atoms with E-state index in [9.17, 15) is 9.59 Å². The second-order valence-corrected chi connectivity index (χ2v) is 7.88. The third kappa shape index (κ3) is 3.96. The van der Waals surface area contributed by atoms with E-state index in [0.29, 0.717) is 34.2 Å². The molecule has 3 aromatic carbocycles. The lowest BCUT2D eigenvalue weighted by molar-refractivity contribution is -0.120. The van der Waals surface area contributed by atoms with E-state index >= 15 is 0 Å². The maximum atomic E-state index is 13.8. The molecule has 0 bridgehead atoms. The minimum Gasteiger partial charge on any atom is -0.497 e. The summed E-state index contributed by atoms with van der Waals surface area (Å²) in [5, 5.41) is 3.16. The quantitative estimate of drug-likeness (QED) is 0.516. The molecule has 0 unspecified atom stereocenters. The molecular formula is C27H26N2O5. The van der Waals surface area contributed by atoms with Gasteiger partial charge in [-0.2, -0.15) is 0 Å². The Morgan fingerprint density at radius 2 is 1.50 bits per heavy atom. The molecule has 1 aliphatic heterocycles. The van der Waals surface area contributed by atoms with Gasteiger partial charge in [0.2, 0.25) is 0 Å². The molecule has 0 aromatic heterocycles. The smallest absolute Gasteiger partial charge is 0.282 e. The van der Waals surface area contributed by atoms with Crippen LogP contribution in [-0.2, 0) is 9.59 Å². The van der Waals surface area contributed by atoms with Crippen molar-refractivity contribution < 1.29 is 23.8 Å². The summed E-state index contributed by atoms with van der Waals surface area (Å²) < 4.78 is 16.2. The lowest BCUT2D eigenvalue weighted by Gasteiger charge is -2.18. The highest BCUT2D eigenvalue weighted by Crippen LogP contribution is 2.40. The molecule has 0 atom stereocenters. The van der Waals surface area contributed by atoms with Crippen LogP contribution >= 0.6 is 0 Å². The minimum absolute atomic E-state index is 0.148. The summed E-state index contributed by atoms with van der Waals surface area (Å²) in [5.41, 5.74) is 3.91. The van der Waals surface area contributed by atoms with Crippen molar-refractivity contribution in [3.05, 3.63) is 83.1 Å². The summed E-state index contributed by atoms with van der Waals surface area (Å²) >= 11 is 0. The van der Waals surface area contributed by atoms with Crippen LogP contribution in [0.1, 0.15) is 16.7 Å². The SMILES string of the molecule is COc1ccc(OC)c(NC2=C(c3ccc(C)cc3C)C(=O)N(c3ccccc3OC)C2=O)c1. The van der Waals surface area contributed by atoms with Gasteiger partial charge in [0, 0.05) is 6.07 Å². The molecule has 1 aliphatic rings. The van der Waals surface area contributed by atoms with Crippen LogP contribution in [0.15, 0.2) is 66.4 Å². The summed E-state index contributed by atoms with van der Waals surface area (Å²) in [6.45, 7) is 3.90. The van der Waals surface area contributed by atoms with E-state index < -0.39 is 11.8 Å². The number of nitrogens with one attached hydrogen (secondary N) is 1. The molecule has 0 saturated heterocycles.